The summed E-state index contributed by atoms with van der Waals surface area (Å²) in [6.45, 7) is 1.80. The standard InChI is InChI=1S/C15H11ClF2O/c1-9-5-10(7-11(16)6-9)15(19)8-12-13(17)3-2-4-14(12)18/h2-7H,8H2,1H3. The molecule has 0 fully saturated rings. The predicted molar refractivity (Wildman–Crippen MR) is 70.6 cm³/mol. The van der Waals surface area contributed by atoms with E-state index in [4.69, 9.17) is 11.6 Å². The van der Waals surface area contributed by atoms with Gasteiger partial charge in [0.2, 0.25) is 0 Å². The Morgan fingerprint density at radius 1 is 1.16 bits per heavy atom. The molecular formula is C15H11ClF2O. The van der Waals surface area contributed by atoms with Crippen LogP contribution in [0.3, 0.4) is 0 Å². The van der Waals surface area contributed by atoms with Crippen molar-refractivity contribution < 1.29 is 13.6 Å². The number of ketones is 1. The SMILES string of the molecule is Cc1cc(Cl)cc(C(=O)Cc2c(F)cccc2F)c1. The summed E-state index contributed by atoms with van der Waals surface area (Å²) in [5.41, 5.74) is 0.961. The number of carbonyl (C=O) groups excluding carboxylic acids is 1. The molecule has 4 heteroatoms. The number of hydrogen-bond donors (Lipinski definition) is 0. The van der Waals surface area contributed by atoms with Crippen LogP contribution in [0.1, 0.15) is 21.5 Å². The van der Waals surface area contributed by atoms with Gasteiger partial charge in [0.05, 0.1) is 0 Å². The Bertz CT molecular complexity index is 598. The van der Waals surface area contributed by atoms with E-state index in [-0.39, 0.29) is 17.8 Å². The molecule has 2 rings (SSSR count). The molecule has 1 nitrogen and oxygen atoms in total. The number of halogens is 3. The highest BCUT2D eigenvalue weighted by Crippen LogP contribution is 2.19. The summed E-state index contributed by atoms with van der Waals surface area (Å²) in [6.07, 6.45) is -0.321. The monoisotopic (exact) mass is 280 g/mol. The first kappa shape index (κ1) is 13.7. The molecule has 0 saturated heterocycles. The molecule has 0 heterocycles. The lowest BCUT2D eigenvalue weighted by molar-refractivity contribution is 0.0990. The van der Waals surface area contributed by atoms with E-state index in [1.54, 1.807) is 19.1 Å². The predicted octanol–water partition coefficient (Wildman–Crippen LogP) is 4.35. The summed E-state index contributed by atoms with van der Waals surface area (Å²) >= 11 is 5.86. The number of carbonyl (C=O) groups is 1. The fourth-order valence-corrected chi connectivity index (χ4v) is 2.15. The van der Waals surface area contributed by atoms with E-state index in [9.17, 15) is 13.6 Å². The van der Waals surface area contributed by atoms with Crippen molar-refractivity contribution >= 4 is 17.4 Å². The van der Waals surface area contributed by atoms with Crippen molar-refractivity contribution in [2.75, 3.05) is 0 Å². The van der Waals surface area contributed by atoms with Gasteiger partial charge in [-0.2, -0.15) is 0 Å². The van der Waals surface area contributed by atoms with Crippen molar-refractivity contribution in [2.24, 2.45) is 0 Å². The molecule has 0 amide bonds. The summed E-state index contributed by atoms with van der Waals surface area (Å²) in [5.74, 6) is -1.80. The minimum absolute atomic E-state index is 0.217. The molecule has 0 aromatic heterocycles. The average Bonchev–Trinajstić information content (AvgIpc) is 2.32. The van der Waals surface area contributed by atoms with Gasteiger partial charge in [-0.15, -0.1) is 0 Å². The highest BCUT2D eigenvalue weighted by Gasteiger charge is 2.15. The van der Waals surface area contributed by atoms with Gasteiger partial charge in [0, 0.05) is 22.6 Å². The molecular weight excluding hydrogens is 270 g/mol. The van der Waals surface area contributed by atoms with Gasteiger partial charge in [-0.25, -0.2) is 8.78 Å². The first-order valence-corrected chi connectivity index (χ1v) is 6.08. The second-order valence-electron chi connectivity index (χ2n) is 4.32. The summed E-state index contributed by atoms with van der Waals surface area (Å²) in [7, 11) is 0. The summed E-state index contributed by atoms with van der Waals surface area (Å²) in [6, 6.07) is 8.39. The molecule has 0 atom stereocenters. The molecule has 2 aromatic rings. The average molecular weight is 281 g/mol. The Morgan fingerprint density at radius 2 is 1.79 bits per heavy atom. The van der Waals surface area contributed by atoms with Crippen LogP contribution in [0, 0.1) is 18.6 Å². The number of benzene rings is 2. The van der Waals surface area contributed by atoms with Crippen LogP contribution in [0.4, 0.5) is 8.78 Å². The molecule has 19 heavy (non-hydrogen) atoms. The third kappa shape index (κ3) is 3.18. The molecule has 0 radical (unpaired) electrons. The van der Waals surface area contributed by atoms with E-state index < -0.39 is 11.6 Å². The van der Waals surface area contributed by atoms with E-state index in [0.717, 1.165) is 17.7 Å². The fourth-order valence-electron chi connectivity index (χ4n) is 1.86. The molecule has 0 spiro atoms. The summed E-state index contributed by atoms with van der Waals surface area (Å²) < 4.78 is 26.9. The van der Waals surface area contributed by atoms with Crippen LogP contribution in [0.5, 0.6) is 0 Å². The van der Waals surface area contributed by atoms with Crippen LogP contribution in [-0.2, 0) is 6.42 Å². The van der Waals surface area contributed by atoms with Crippen molar-refractivity contribution in [1.82, 2.24) is 0 Å². The van der Waals surface area contributed by atoms with Crippen LogP contribution in [0.15, 0.2) is 36.4 Å². The highest BCUT2D eigenvalue weighted by atomic mass is 35.5. The van der Waals surface area contributed by atoms with Crippen molar-refractivity contribution in [3.8, 4) is 0 Å². The van der Waals surface area contributed by atoms with Gasteiger partial charge in [-0.05, 0) is 42.8 Å². The summed E-state index contributed by atoms with van der Waals surface area (Å²) in [4.78, 5) is 12.0. The maximum Gasteiger partial charge on any atom is 0.167 e. The summed E-state index contributed by atoms with van der Waals surface area (Å²) in [5, 5.41) is 0.428. The maximum atomic E-state index is 13.5. The van der Waals surface area contributed by atoms with Crippen molar-refractivity contribution in [2.45, 2.75) is 13.3 Å². The smallest absolute Gasteiger partial charge is 0.167 e. The Balaban J connectivity index is 2.31. The molecule has 0 bridgehead atoms. The Labute approximate surface area is 114 Å². The van der Waals surface area contributed by atoms with Gasteiger partial charge in [0.1, 0.15) is 11.6 Å². The molecule has 0 saturated carbocycles. The van der Waals surface area contributed by atoms with Gasteiger partial charge in [0.25, 0.3) is 0 Å². The third-order valence-corrected chi connectivity index (χ3v) is 2.98. The third-order valence-electron chi connectivity index (χ3n) is 2.76. The molecule has 98 valence electrons. The molecule has 0 N–H and O–H groups in total. The van der Waals surface area contributed by atoms with E-state index >= 15 is 0 Å². The van der Waals surface area contributed by atoms with E-state index in [2.05, 4.69) is 0 Å². The number of hydrogen-bond acceptors (Lipinski definition) is 1. The van der Waals surface area contributed by atoms with E-state index in [1.165, 1.54) is 12.1 Å². The molecule has 0 aliphatic carbocycles. The van der Waals surface area contributed by atoms with Gasteiger partial charge < -0.3 is 0 Å². The fraction of sp³-hybridized carbons (Fsp3) is 0.133. The first-order chi connectivity index (χ1) is 8.97. The second-order valence-corrected chi connectivity index (χ2v) is 4.75. The van der Waals surface area contributed by atoms with Crippen molar-refractivity contribution in [3.63, 3.8) is 0 Å². The van der Waals surface area contributed by atoms with Crippen LogP contribution in [-0.4, -0.2) is 5.78 Å². The Kier molecular flexibility index (Phi) is 3.96. The Hall–Kier alpha value is -1.74. The zero-order chi connectivity index (χ0) is 14.0. The maximum absolute atomic E-state index is 13.5. The lowest BCUT2D eigenvalue weighted by Gasteiger charge is -2.06. The van der Waals surface area contributed by atoms with Gasteiger partial charge >= 0.3 is 0 Å². The topological polar surface area (TPSA) is 17.1 Å². The minimum atomic E-state index is -0.716. The molecule has 0 unspecified atom stereocenters. The molecule has 2 aromatic carbocycles. The quantitative estimate of drug-likeness (QED) is 0.764. The van der Waals surface area contributed by atoms with Crippen LogP contribution < -0.4 is 0 Å². The molecule has 0 aliphatic heterocycles. The number of Topliss-reactive ketones (excluding diaryl/α,β-unsaturated/α-hetero) is 1. The Morgan fingerprint density at radius 3 is 2.37 bits per heavy atom. The van der Waals surface area contributed by atoms with Crippen molar-refractivity contribution in [3.05, 3.63) is 69.7 Å². The normalized spacial score (nSPS) is 10.5. The zero-order valence-electron chi connectivity index (χ0n) is 10.2. The van der Waals surface area contributed by atoms with Gasteiger partial charge in [-0.1, -0.05) is 17.7 Å². The largest absolute Gasteiger partial charge is 0.294 e. The second kappa shape index (κ2) is 5.49. The lowest BCUT2D eigenvalue weighted by Crippen LogP contribution is -2.07. The van der Waals surface area contributed by atoms with E-state index in [1.807, 2.05) is 0 Å². The number of aryl methyl sites for hydroxylation is 1. The van der Waals surface area contributed by atoms with Gasteiger partial charge in [0.15, 0.2) is 5.78 Å². The van der Waals surface area contributed by atoms with E-state index in [0.29, 0.717) is 10.6 Å². The van der Waals surface area contributed by atoms with Crippen LogP contribution >= 0.6 is 11.6 Å². The minimum Gasteiger partial charge on any atom is -0.294 e. The van der Waals surface area contributed by atoms with Crippen LogP contribution in [0.25, 0.3) is 0 Å². The molecule has 0 aliphatic rings. The van der Waals surface area contributed by atoms with Crippen molar-refractivity contribution in [1.29, 1.82) is 0 Å². The zero-order valence-corrected chi connectivity index (χ0v) is 11.0. The highest BCUT2D eigenvalue weighted by molar-refractivity contribution is 6.31. The lowest BCUT2D eigenvalue weighted by atomic mass is 10.0. The first-order valence-electron chi connectivity index (χ1n) is 5.70. The number of rotatable bonds is 3. The van der Waals surface area contributed by atoms with Crippen LogP contribution in [0.2, 0.25) is 5.02 Å². The van der Waals surface area contributed by atoms with Gasteiger partial charge in [-0.3, -0.25) is 4.79 Å².